The third kappa shape index (κ3) is 3.06. The lowest BCUT2D eigenvalue weighted by molar-refractivity contribution is 0.415. The summed E-state index contributed by atoms with van der Waals surface area (Å²) in [5, 5.41) is 5.50. The Bertz CT molecular complexity index is 1250. The molecule has 136 valence electrons. The predicted octanol–water partition coefficient (Wildman–Crippen LogP) is 6.26. The number of para-hydroxylation sites is 2. The number of hydrogen-bond donors (Lipinski definition) is 1. The van der Waals surface area contributed by atoms with Crippen molar-refractivity contribution < 1.29 is 4.74 Å². The Morgan fingerprint density at radius 1 is 0.821 bits per heavy atom. The molecule has 5 heteroatoms. The van der Waals surface area contributed by atoms with Gasteiger partial charge in [0.1, 0.15) is 16.6 Å². The second kappa shape index (κ2) is 6.94. The molecule has 0 saturated carbocycles. The Morgan fingerprint density at radius 2 is 1.57 bits per heavy atom. The molecule has 4 nitrogen and oxygen atoms in total. The molecule has 28 heavy (non-hydrogen) atoms. The van der Waals surface area contributed by atoms with Gasteiger partial charge >= 0.3 is 0 Å². The van der Waals surface area contributed by atoms with Crippen molar-refractivity contribution in [3.05, 3.63) is 78.9 Å². The molecule has 0 spiro atoms. The number of pyridine rings is 1. The molecule has 0 amide bonds. The Hall–Kier alpha value is -3.44. The molecule has 1 N–H and O–H groups in total. The first-order chi connectivity index (χ1) is 13.8. The van der Waals surface area contributed by atoms with Crippen LogP contribution in [0.1, 0.15) is 0 Å². The van der Waals surface area contributed by atoms with Gasteiger partial charge in [-0.2, -0.15) is 0 Å². The van der Waals surface area contributed by atoms with Gasteiger partial charge in [0.25, 0.3) is 0 Å². The Kier molecular flexibility index (Phi) is 4.14. The van der Waals surface area contributed by atoms with Crippen LogP contribution in [0.25, 0.3) is 31.7 Å². The molecule has 5 aromatic rings. The van der Waals surface area contributed by atoms with E-state index in [1.807, 2.05) is 54.6 Å². The summed E-state index contributed by atoms with van der Waals surface area (Å²) in [6.45, 7) is 0. The van der Waals surface area contributed by atoms with Crippen LogP contribution >= 0.6 is 11.3 Å². The van der Waals surface area contributed by atoms with Crippen LogP contribution in [0.15, 0.2) is 78.9 Å². The predicted molar refractivity (Wildman–Crippen MR) is 117 cm³/mol. The zero-order valence-corrected chi connectivity index (χ0v) is 16.0. The zero-order valence-electron chi connectivity index (χ0n) is 15.2. The summed E-state index contributed by atoms with van der Waals surface area (Å²) >= 11 is 1.70. The summed E-state index contributed by atoms with van der Waals surface area (Å²) in [4.78, 5) is 9.64. The Morgan fingerprint density at radius 3 is 2.36 bits per heavy atom. The highest BCUT2D eigenvalue weighted by Gasteiger charge is 2.12. The topological polar surface area (TPSA) is 47.0 Å². The van der Waals surface area contributed by atoms with Gasteiger partial charge in [0.05, 0.1) is 22.8 Å². The number of aromatic nitrogens is 2. The summed E-state index contributed by atoms with van der Waals surface area (Å²) in [5.74, 6) is 1.62. The fourth-order valence-electron chi connectivity index (χ4n) is 3.23. The van der Waals surface area contributed by atoms with Crippen LogP contribution in [0.4, 0.5) is 11.5 Å². The van der Waals surface area contributed by atoms with E-state index in [9.17, 15) is 0 Å². The maximum atomic E-state index is 5.23. The lowest BCUT2D eigenvalue weighted by atomic mass is 10.1. The molecule has 0 unspecified atom stereocenters. The van der Waals surface area contributed by atoms with Crippen LogP contribution in [0.3, 0.4) is 0 Å². The average molecular weight is 383 g/mol. The molecule has 0 aliphatic heterocycles. The molecule has 0 bridgehead atoms. The van der Waals surface area contributed by atoms with Gasteiger partial charge in [-0.05, 0) is 48.5 Å². The number of methoxy groups -OCH3 is 1. The van der Waals surface area contributed by atoms with E-state index in [4.69, 9.17) is 14.7 Å². The van der Waals surface area contributed by atoms with E-state index in [0.29, 0.717) is 0 Å². The van der Waals surface area contributed by atoms with Gasteiger partial charge in [-0.25, -0.2) is 9.97 Å². The molecule has 0 saturated heterocycles. The molecule has 3 aromatic carbocycles. The normalized spacial score (nSPS) is 11.0. The number of nitrogens with zero attached hydrogens (tertiary/aromatic N) is 2. The smallest absolute Gasteiger partial charge is 0.131 e. The maximum Gasteiger partial charge on any atom is 0.131 e. The second-order valence-corrected chi connectivity index (χ2v) is 7.44. The first-order valence-electron chi connectivity index (χ1n) is 8.97. The average Bonchev–Trinajstić information content (AvgIpc) is 3.18. The minimum absolute atomic E-state index is 0.790. The minimum Gasteiger partial charge on any atom is -0.497 e. The zero-order chi connectivity index (χ0) is 18.9. The van der Waals surface area contributed by atoms with Crippen molar-refractivity contribution in [2.75, 3.05) is 12.4 Å². The molecule has 2 heterocycles. The number of thiazole rings is 1. The molecule has 0 aliphatic carbocycles. The van der Waals surface area contributed by atoms with Crippen LogP contribution in [0.5, 0.6) is 5.75 Å². The van der Waals surface area contributed by atoms with Crippen molar-refractivity contribution >= 4 is 44.0 Å². The molecule has 2 aromatic heterocycles. The van der Waals surface area contributed by atoms with Crippen LogP contribution in [-0.2, 0) is 0 Å². The number of hydrogen-bond acceptors (Lipinski definition) is 5. The third-order valence-electron chi connectivity index (χ3n) is 4.60. The maximum absolute atomic E-state index is 5.23. The van der Waals surface area contributed by atoms with Gasteiger partial charge < -0.3 is 10.1 Å². The van der Waals surface area contributed by atoms with Gasteiger partial charge in [-0.3, -0.25) is 0 Å². The standard InChI is InChI=1S/C23H17N3OS/c1-27-16-12-10-15(11-13-16)24-22-14-18(17-6-2-3-7-19(17)25-22)23-26-20-8-4-5-9-21(20)28-23/h2-14H,1H3,(H,24,25). The fraction of sp³-hybridized carbons (Fsp3) is 0.0435. The third-order valence-corrected chi connectivity index (χ3v) is 5.67. The molecule has 0 fully saturated rings. The van der Waals surface area contributed by atoms with Crippen molar-refractivity contribution in [3.63, 3.8) is 0 Å². The number of benzene rings is 3. The first-order valence-corrected chi connectivity index (χ1v) is 9.78. The van der Waals surface area contributed by atoms with E-state index in [0.717, 1.165) is 44.2 Å². The highest BCUT2D eigenvalue weighted by molar-refractivity contribution is 7.21. The van der Waals surface area contributed by atoms with Gasteiger partial charge in [-0.15, -0.1) is 11.3 Å². The highest BCUT2D eigenvalue weighted by atomic mass is 32.1. The van der Waals surface area contributed by atoms with Crippen molar-refractivity contribution in [1.82, 2.24) is 9.97 Å². The molecule has 0 aliphatic rings. The monoisotopic (exact) mass is 383 g/mol. The lowest BCUT2D eigenvalue weighted by Crippen LogP contribution is -1.95. The highest BCUT2D eigenvalue weighted by Crippen LogP contribution is 2.36. The van der Waals surface area contributed by atoms with Gasteiger partial charge in [0, 0.05) is 16.6 Å². The lowest BCUT2D eigenvalue weighted by Gasteiger charge is -2.10. The van der Waals surface area contributed by atoms with E-state index in [1.54, 1.807) is 18.4 Å². The van der Waals surface area contributed by atoms with E-state index in [2.05, 4.69) is 29.6 Å². The van der Waals surface area contributed by atoms with E-state index in [-0.39, 0.29) is 0 Å². The van der Waals surface area contributed by atoms with Crippen molar-refractivity contribution in [2.24, 2.45) is 0 Å². The summed E-state index contributed by atoms with van der Waals surface area (Å²) in [5.41, 5.74) is 4.00. The minimum atomic E-state index is 0.790. The van der Waals surface area contributed by atoms with Crippen LogP contribution in [0, 0.1) is 0 Å². The number of fused-ring (bicyclic) bond motifs is 2. The van der Waals surface area contributed by atoms with Crippen molar-refractivity contribution in [1.29, 1.82) is 0 Å². The summed E-state index contributed by atoms with van der Waals surface area (Å²) in [6, 6.07) is 26.3. The van der Waals surface area contributed by atoms with Gasteiger partial charge in [0.2, 0.25) is 0 Å². The summed E-state index contributed by atoms with van der Waals surface area (Å²) < 4.78 is 6.42. The van der Waals surface area contributed by atoms with Crippen molar-refractivity contribution in [2.45, 2.75) is 0 Å². The van der Waals surface area contributed by atoms with Gasteiger partial charge in [-0.1, -0.05) is 30.3 Å². The number of nitrogens with one attached hydrogen (secondary N) is 1. The van der Waals surface area contributed by atoms with Crippen LogP contribution in [0.2, 0.25) is 0 Å². The molecule has 0 radical (unpaired) electrons. The fourth-order valence-corrected chi connectivity index (χ4v) is 4.22. The number of rotatable bonds is 4. The summed E-state index contributed by atoms with van der Waals surface area (Å²) in [6.07, 6.45) is 0. The number of anilines is 2. The largest absolute Gasteiger partial charge is 0.497 e. The Balaban J connectivity index is 1.62. The quantitative estimate of drug-likeness (QED) is 0.398. The van der Waals surface area contributed by atoms with E-state index in [1.165, 1.54) is 4.70 Å². The molecule has 5 rings (SSSR count). The Labute approximate surface area is 166 Å². The second-order valence-electron chi connectivity index (χ2n) is 6.41. The van der Waals surface area contributed by atoms with Crippen LogP contribution < -0.4 is 10.1 Å². The molecular formula is C23H17N3OS. The first kappa shape index (κ1) is 16.7. The SMILES string of the molecule is COc1ccc(Nc2cc(-c3nc4ccccc4s3)c3ccccc3n2)cc1. The van der Waals surface area contributed by atoms with E-state index >= 15 is 0 Å². The molecular weight excluding hydrogens is 366 g/mol. The van der Waals surface area contributed by atoms with E-state index < -0.39 is 0 Å². The van der Waals surface area contributed by atoms with Crippen molar-refractivity contribution in [3.8, 4) is 16.3 Å². The molecule has 0 atom stereocenters. The van der Waals surface area contributed by atoms with Gasteiger partial charge in [0.15, 0.2) is 0 Å². The van der Waals surface area contributed by atoms with Crippen LogP contribution in [-0.4, -0.2) is 17.1 Å². The number of ether oxygens (including phenoxy) is 1. The summed E-state index contributed by atoms with van der Waals surface area (Å²) in [7, 11) is 1.66.